The van der Waals surface area contributed by atoms with Gasteiger partial charge in [0, 0.05) is 12.4 Å². The van der Waals surface area contributed by atoms with Crippen molar-refractivity contribution in [1.29, 1.82) is 0 Å². The standard InChI is InChI=1S/C18H24N2.C12H5F5N.2F6P.Ir/c1-17(2,3)13-7-9-19-15(11-13)16-12-14(8-10-20-16)18(4,5)6;13-8-2-3-9(10(14)5-8)11-4-1-7(6-18-11)12(15,16)17;2*1-7(2,3,4,5)6;/h7-12H,1-6H3;1-2,4-6H;;;/q;;2*-1;+2. The van der Waals surface area contributed by atoms with Crippen molar-refractivity contribution in [3.05, 3.63) is 95.4 Å². The van der Waals surface area contributed by atoms with Crippen molar-refractivity contribution in [2.75, 3.05) is 0 Å². The quantitative estimate of drug-likeness (QED) is 0.148. The molecule has 0 N–H and O–H groups in total. The average Bonchev–Trinajstić information content (AvgIpc) is 2.88. The Morgan fingerprint density at radius 1 is 0.509 bits per heavy atom. The number of alkyl halides is 3. The van der Waals surface area contributed by atoms with E-state index in [-0.39, 0.29) is 26.2 Å². The van der Waals surface area contributed by atoms with E-state index in [1.54, 1.807) is 0 Å². The van der Waals surface area contributed by atoms with Gasteiger partial charge in [-0.2, -0.15) is 0 Å². The van der Waals surface area contributed by atoms with Crippen molar-refractivity contribution in [3.63, 3.8) is 0 Å². The maximum absolute atomic E-state index is 13.6. The van der Waals surface area contributed by atoms with Crippen molar-refractivity contribution in [1.82, 2.24) is 15.0 Å². The summed E-state index contributed by atoms with van der Waals surface area (Å²) >= 11 is 1.46. The van der Waals surface area contributed by atoms with Crippen molar-refractivity contribution >= 4 is 19.7 Å². The predicted octanol–water partition coefficient (Wildman–Crippen LogP) is 14.7. The molecule has 0 fully saturated rings. The number of hydrogen-bond donors (Lipinski definition) is 0. The van der Waals surface area contributed by atoms with Crippen LogP contribution in [-0.4, -0.2) is 15.0 Å². The van der Waals surface area contributed by atoms with Crippen molar-refractivity contribution < 1.29 is 91.2 Å². The first-order chi connectivity index (χ1) is 22.9. The van der Waals surface area contributed by atoms with E-state index in [2.05, 4.69) is 80.8 Å². The summed E-state index contributed by atoms with van der Waals surface area (Å²) in [6.45, 7) is 13.3. The van der Waals surface area contributed by atoms with E-state index in [0.29, 0.717) is 12.3 Å². The van der Waals surface area contributed by atoms with E-state index in [1.165, 1.54) is 30.0 Å². The summed E-state index contributed by atoms with van der Waals surface area (Å²) in [5, 5.41) is 0. The minimum atomic E-state index is -10.7. The summed E-state index contributed by atoms with van der Waals surface area (Å²) in [7, 11) is -21.3. The third-order valence-electron chi connectivity index (χ3n) is 5.85. The van der Waals surface area contributed by atoms with E-state index in [4.69, 9.17) is 0 Å². The molecular weight excluding hydrogens is 979 g/mol. The second kappa shape index (κ2) is 14.2. The first-order valence-corrected chi connectivity index (χ1v) is 19.3. The molecule has 0 aliphatic rings. The fourth-order valence-electron chi connectivity index (χ4n) is 3.55. The molecule has 0 saturated carbocycles. The van der Waals surface area contributed by atoms with Crippen molar-refractivity contribution in [2.24, 2.45) is 0 Å². The molecule has 1 aromatic carbocycles. The van der Waals surface area contributed by atoms with Crippen LogP contribution in [0.4, 0.5) is 72.3 Å². The Morgan fingerprint density at radius 2 is 0.887 bits per heavy atom. The van der Waals surface area contributed by atoms with Crippen LogP contribution in [0.25, 0.3) is 22.6 Å². The molecule has 0 unspecified atom stereocenters. The fourth-order valence-corrected chi connectivity index (χ4v) is 4.48. The monoisotopic (exact) mass is 1010 g/mol. The van der Waals surface area contributed by atoms with E-state index in [0.717, 1.165) is 29.6 Å². The number of aromatic nitrogens is 3. The number of pyridine rings is 3. The molecular formula is C30H29F17IrN3P2. The van der Waals surface area contributed by atoms with Crippen molar-refractivity contribution in [2.45, 2.75) is 58.5 Å². The molecule has 0 aliphatic carbocycles. The van der Waals surface area contributed by atoms with Crippen LogP contribution in [-0.2, 0) is 35.9 Å². The van der Waals surface area contributed by atoms with Gasteiger partial charge in [-0.25, -0.2) is 0 Å². The number of rotatable bonds is 2. The van der Waals surface area contributed by atoms with Crippen LogP contribution < -0.4 is 4.08 Å². The van der Waals surface area contributed by atoms with Gasteiger partial charge >= 0.3 is 181 Å². The summed E-state index contributed by atoms with van der Waals surface area (Å²) in [5.74, 6) is -1.60. The number of hydrogen-bond acceptors (Lipinski definition) is 3. The van der Waals surface area contributed by atoms with E-state index < -0.39 is 39.0 Å². The van der Waals surface area contributed by atoms with Gasteiger partial charge in [-0.3, -0.25) is 9.97 Å². The number of benzene rings is 1. The molecule has 0 spiro atoms. The Hall–Kier alpha value is -3.01. The van der Waals surface area contributed by atoms with E-state index in [1.807, 2.05) is 12.4 Å². The second-order valence-corrected chi connectivity index (χ2v) is 18.0. The van der Waals surface area contributed by atoms with Gasteiger partial charge < -0.3 is 0 Å². The minimum absolute atomic E-state index is 0.00451. The molecule has 0 aliphatic heterocycles. The van der Waals surface area contributed by atoms with Crippen LogP contribution in [0.5, 0.6) is 0 Å². The molecule has 0 amide bonds. The van der Waals surface area contributed by atoms with E-state index >= 15 is 0 Å². The first kappa shape index (κ1) is 48.0. The summed E-state index contributed by atoms with van der Waals surface area (Å²) in [5.41, 5.74) is 3.82. The zero-order chi connectivity index (χ0) is 42.0. The van der Waals surface area contributed by atoms with Gasteiger partial charge in [0.25, 0.3) is 0 Å². The maximum atomic E-state index is 13.6. The van der Waals surface area contributed by atoms with Gasteiger partial charge in [0.1, 0.15) is 0 Å². The Kier molecular flexibility index (Phi) is 12.9. The molecule has 3 heterocycles. The zero-order valence-corrected chi connectivity index (χ0v) is 32.0. The summed E-state index contributed by atoms with van der Waals surface area (Å²) < 4.78 is 182. The Bertz CT molecular complexity index is 1750. The molecule has 0 radical (unpaired) electrons. The van der Waals surface area contributed by atoms with Gasteiger partial charge in [0.15, 0.2) is 0 Å². The third-order valence-corrected chi connectivity index (χ3v) is 6.80. The molecule has 0 atom stereocenters. The average molecular weight is 1010 g/mol. The zero-order valence-electron chi connectivity index (χ0n) is 27.8. The topological polar surface area (TPSA) is 38.7 Å². The van der Waals surface area contributed by atoms with Gasteiger partial charge in [0.2, 0.25) is 0 Å². The second-order valence-electron chi connectivity index (χ2n) is 12.9. The van der Waals surface area contributed by atoms with Gasteiger partial charge in [-0.05, 0) is 46.2 Å². The Morgan fingerprint density at radius 3 is 1.17 bits per heavy atom. The summed E-state index contributed by atoms with van der Waals surface area (Å²) in [4.78, 5) is 12.6. The Balaban J connectivity index is 0.000000394. The predicted molar refractivity (Wildman–Crippen MR) is 166 cm³/mol. The summed E-state index contributed by atoms with van der Waals surface area (Å²) in [6, 6.07) is 12.1. The Labute approximate surface area is 302 Å². The molecule has 3 nitrogen and oxygen atoms in total. The molecule has 302 valence electrons. The number of halogens is 17. The van der Waals surface area contributed by atoms with E-state index in [9.17, 15) is 72.3 Å². The SMILES string of the molecule is CC(C)(C)c1ccnc(-c2cc(C(C)(C)C)ccn2)c1.F[P-](F)(F)(F)(F)F.F[P-](F)(F)(F)(F)F.Fc1cc(F)c(-c2ccc(C(F)(F)F)cn2)[c]([Ir+2])c1. The molecule has 4 rings (SSSR count). The molecule has 4 aromatic rings. The van der Waals surface area contributed by atoms with Crippen LogP contribution >= 0.6 is 15.6 Å². The molecule has 0 bridgehead atoms. The first-order valence-electron chi connectivity index (χ1n) is 14.1. The van der Waals surface area contributed by atoms with Crippen LogP contribution in [0.1, 0.15) is 58.2 Å². The molecule has 3 aromatic heterocycles. The normalized spacial score (nSPS) is 15.0. The van der Waals surface area contributed by atoms with Crippen LogP contribution in [0.2, 0.25) is 0 Å². The van der Waals surface area contributed by atoms with Crippen molar-refractivity contribution in [3.8, 4) is 22.6 Å². The van der Waals surface area contributed by atoms with Crippen LogP contribution in [0.15, 0.2) is 67.1 Å². The van der Waals surface area contributed by atoms with Crippen LogP contribution in [0, 0.1) is 11.6 Å². The van der Waals surface area contributed by atoms with Gasteiger partial charge in [-0.1, -0.05) is 41.5 Å². The fraction of sp³-hybridized carbons (Fsp3) is 0.300. The molecule has 23 heteroatoms. The third kappa shape index (κ3) is 22.7. The molecule has 53 heavy (non-hydrogen) atoms. The molecule has 0 saturated heterocycles. The van der Waals surface area contributed by atoms with Gasteiger partial charge in [-0.15, -0.1) is 0 Å². The van der Waals surface area contributed by atoms with Crippen LogP contribution in [0.3, 0.4) is 0 Å². The number of nitrogens with zero attached hydrogens (tertiary/aromatic N) is 3. The van der Waals surface area contributed by atoms with Gasteiger partial charge in [0.05, 0.1) is 11.4 Å². The summed E-state index contributed by atoms with van der Waals surface area (Å²) in [6.07, 6.45) is -0.123.